The molecule has 1 aliphatic carbocycles. The van der Waals surface area contributed by atoms with Gasteiger partial charge >= 0.3 is 0 Å². The van der Waals surface area contributed by atoms with E-state index in [2.05, 4.69) is 37.9 Å². The third-order valence-electron chi connectivity index (χ3n) is 6.19. The first-order valence-electron chi connectivity index (χ1n) is 9.63. The van der Waals surface area contributed by atoms with Crippen LogP contribution in [0.2, 0.25) is 0 Å². The van der Waals surface area contributed by atoms with Gasteiger partial charge in [-0.25, -0.2) is 0 Å². The summed E-state index contributed by atoms with van der Waals surface area (Å²) in [5, 5.41) is 3.79. The lowest BCUT2D eigenvalue weighted by atomic mass is 9.80. The number of likely N-dealkylation sites (tertiary alicyclic amines) is 1. The van der Waals surface area contributed by atoms with Gasteiger partial charge in [-0.3, -0.25) is 4.90 Å². The van der Waals surface area contributed by atoms with E-state index in [0.717, 1.165) is 36.4 Å². The van der Waals surface area contributed by atoms with Crippen LogP contribution in [0.25, 0.3) is 0 Å². The summed E-state index contributed by atoms with van der Waals surface area (Å²) in [5.74, 6) is 2.79. The van der Waals surface area contributed by atoms with E-state index in [-0.39, 0.29) is 0 Å². The molecular weight excluding hydrogens is 256 g/mol. The standard InChI is InChI=1S/C19H38N2/c1-5-16-9-10-18(20-6-2)19(14-16)21-12-7-8-17(11-13-21)15(3)4/h15-20H,5-14H2,1-4H3. The quantitative estimate of drug-likeness (QED) is 0.813. The summed E-state index contributed by atoms with van der Waals surface area (Å²) in [6.07, 6.45) is 9.91. The third kappa shape index (κ3) is 4.69. The summed E-state index contributed by atoms with van der Waals surface area (Å²) < 4.78 is 0. The minimum Gasteiger partial charge on any atom is -0.313 e. The second-order valence-corrected chi connectivity index (χ2v) is 7.79. The second kappa shape index (κ2) is 8.53. The molecule has 2 rings (SSSR count). The topological polar surface area (TPSA) is 15.3 Å². The van der Waals surface area contributed by atoms with Gasteiger partial charge in [0.15, 0.2) is 0 Å². The molecule has 0 aromatic heterocycles. The number of nitrogens with zero attached hydrogens (tertiary/aromatic N) is 1. The van der Waals surface area contributed by atoms with Crippen LogP contribution < -0.4 is 5.32 Å². The molecule has 2 heteroatoms. The van der Waals surface area contributed by atoms with Gasteiger partial charge in [0, 0.05) is 12.1 Å². The lowest BCUT2D eigenvalue weighted by Crippen LogP contribution is -2.53. The molecule has 0 aromatic carbocycles. The van der Waals surface area contributed by atoms with Crippen LogP contribution in [0.4, 0.5) is 0 Å². The number of hydrogen-bond donors (Lipinski definition) is 1. The van der Waals surface area contributed by atoms with E-state index in [1.807, 2.05) is 0 Å². The highest BCUT2D eigenvalue weighted by atomic mass is 15.2. The maximum absolute atomic E-state index is 3.79. The molecule has 2 nitrogen and oxygen atoms in total. The second-order valence-electron chi connectivity index (χ2n) is 7.79. The van der Waals surface area contributed by atoms with E-state index in [4.69, 9.17) is 0 Å². The van der Waals surface area contributed by atoms with E-state index in [0.29, 0.717) is 0 Å². The van der Waals surface area contributed by atoms with E-state index < -0.39 is 0 Å². The van der Waals surface area contributed by atoms with Crippen LogP contribution >= 0.6 is 0 Å². The molecule has 1 aliphatic heterocycles. The number of nitrogens with one attached hydrogen (secondary N) is 1. The summed E-state index contributed by atoms with van der Waals surface area (Å²) in [4.78, 5) is 2.86. The van der Waals surface area contributed by atoms with Crippen molar-refractivity contribution in [3.8, 4) is 0 Å². The molecule has 2 fully saturated rings. The van der Waals surface area contributed by atoms with E-state index in [1.54, 1.807) is 0 Å². The van der Waals surface area contributed by atoms with Crippen molar-refractivity contribution in [3.63, 3.8) is 0 Å². The minimum atomic E-state index is 0.744. The van der Waals surface area contributed by atoms with Crippen molar-refractivity contribution >= 4 is 0 Å². The van der Waals surface area contributed by atoms with Crippen LogP contribution in [0, 0.1) is 17.8 Å². The molecule has 2 aliphatic rings. The Morgan fingerprint density at radius 2 is 1.86 bits per heavy atom. The Bertz CT molecular complexity index is 289. The van der Waals surface area contributed by atoms with Gasteiger partial charge in [0.25, 0.3) is 0 Å². The van der Waals surface area contributed by atoms with Crippen LogP contribution in [0.15, 0.2) is 0 Å². The molecule has 4 unspecified atom stereocenters. The minimum absolute atomic E-state index is 0.744. The van der Waals surface area contributed by atoms with Crippen LogP contribution in [0.5, 0.6) is 0 Å². The third-order valence-corrected chi connectivity index (χ3v) is 6.19. The van der Waals surface area contributed by atoms with Crippen molar-refractivity contribution in [2.45, 2.75) is 84.7 Å². The zero-order valence-corrected chi connectivity index (χ0v) is 14.9. The first-order valence-corrected chi connectivity index (χ1v) is 9.63. The molecule has 0 aromatic rings. The molecule has 1 heterocycles. The highest BCUT2D eigenvalue weighted by Crippen LogP contribution is 2.33. The average molecular weight is 295 g/mol. The van der Waals surface area contributed by atoms with Gasteiger partial charge in [-0.2, -0.15) is 0 Å². The molecule has 1 N–H and O–H groups in total. The van der Waals surface area contributed by atoms with Gasteiger partial charge in [-0.05, 0) is 75.9 Å². The molecule has 0 amide bonds. The van der Waals surface area contributed by atoms with Crippen molar-refractivity contribution in [1.82, 2.24) is 10.2 Å². The smallest absolute Gasteiger partial charge is 0.0251 e. The molecule has 4 atom stereocenters. The highest BCUT2D eigenvalue weighted by molar-refractivity contribution is 4.92. The summed E-state index contributed by atoms with van der Waals surface area (Å²) in [5.41, 5.74) is 0. The maximum Gasteiger partial charge on any atom is 0.0251 e. The highest BCUT2D eigenvalue weighted by Gasteiger charge is 2.34. The lowest BCUT2D eigenvalue weighted by molar-refractivity contribution is 0.0972. The molecule has 0 bridgehead atoms. The van der Waals surface area contributed by atoms with E-state index in [9.17, 15) is 0 Å². The normalized spacial score (nSPS) is 35.9. The predicted octanol–water partition coefficient (Wildman–Crippen LogP) is 4.30. The van der Waals surface area contributed by atoms with Crippen molar-refractivity contribution in [2.75, 3.05) is 19.6 Å². The molecule has 1 saturated carbocycles. The molecular formula is C19H38N2. The Morgan fingerprint density at radius 3 is 2.52 bits per heavy atom. The average Bonchev–Trinajstić information content (AvgIpc) is 2.74. The van der Waals surface area contributed by atoms with E-state index in [1.165, 1.54) is 58.0 Å². The zero-order valence-electron chi connectivity index (χ0n) is 14.9. The van der Waals surface area contributed by atoms with Gasteiger partial charge in [0.1, 0.15) is 0 Å². The number of rotatable bonds is 5. The van der Waals surface area contributed by atoms with Crippen molar-refractivity contribution in [1.29, 1.82) is 0 Å². The lowest BCUT2D eigenvalue weighted by Gasteiger charge is -2.43. The van der Waals surface area contributed by atoms with Crippen molar-refractivity contribution in [3.05, 3.63) is 0 Å². The molecule has 124 valence electrons. The Balaban J connectivity index is 1.98. The summed E-state index contributed by atoms with van der Waals surface area (Å²) in [7, 11) is 0. The molecule has 1 saturated heterocycles. The summed E-state index contributed by atoms with van der Waals surface area (Å²) in [6.45, 7) is 13.3. The number of hydrogen-bond acceptors (Lipinski definition) is 2. The Kier molecular flexibility index (Phi) is 7.01. The van der Waals surface area contributed by atoms with Gasteiger partial charge in [0.05, 0.1) is 0 Å². The first kappa shape index (κ1) is 17.3. The van der Waals surface area contributed by atoms with Crippen molar-refractivity contribution in [2.24, 2.45) is 17.8 Å². The van der Waals surface area contributed by atoms with Crippen LogP contribution in [-0.4, -0.2) is 36.6 Å². The Morgan fingerprint density at radius 1 is 1.05 bits per heavy atom. The molecule has 0 spiro atoms. The molecule has 21 heavy (non-hydrogen) atoms. The first-order chi connectivity index (χ1) is 10.2. The molecule has 0 radical (unpaired) electrons. The van der Waals surface area contributed by atoms with Crippen LogP contribution in [0.1, 0.15) is 72.6 Å². The Labute approximate surface area is 133 Å². The fourth-order valence-corrected chi connectivity index (χ4v) is 4.65. The van der Waals surface area contributed by atoms with E-state index >= 15 is 0 Å². The fourth-order valence-electron chi connectivity index (χ4n) is 4.65. The summed E-state index contributed by atoms with van der Waals surface area (Å²) in [6, 6.07) is 1.54. The van der Waals surface area contributed by atoms with Gasteiger partial charge in [-0.1, -0.05) is 34.1 Å². The monoisotopic (exact) mass is 294 g/mol. The number of likely N-dealkylation sites (N-methyl/N-ethyl adjacent to an activating group) is 1. The summed E-state index contributed by atoms with van der Waals surface area (Å²) >= 11 is 0. The van der Waals surface area contributed by atoms with Gasteiger partial charge in [0.2, 0.25) is 0 Å². The fraction of sp³-hybridized carbons (Fsp3) is 1.00. The zero-order chi connectivity index (χ0) is 15.2. The largest absolute Gasteiger partial charge is 0.313 e. The van der Waals surface area contributed by atoms with Gasteiger partial charge < -0.3 is 5.32 Å². The predicted molar refractivity (Wildman–Crippen MR) is 92.6 cm³/mol. The maximum atomic E-state index is 3.79. The van der Waals surface area contributed by atoms with Crippen LogP contribution in [-0.2, 0) is 0 Å². The van der Waals surface area contributed by atoms with Crippen LogP contribution in [0.3, 0.4) is 0 Å². The van der Waals surface area contributed by atoms with Crippen molar-refractivity contribution < 1.29 is 0 Å². The van der Waals surface area contributed by atoms with Gasteiger partial charge in [-0.15, -0.1) is 0 Å². The Hall–Kier alpha value is -0.0800. The SMILES string of the molecule is CCNC1CCC(CC)CC1N1CCCC(C(C)C)CC1.